The molecule has 342 valence electrons. The van der Waals surface area contributed by atoms with E-state index in [4.69, 9.17) is 0 Å². The Morgan fingerprint density at radius 3 is 0.409 bits per heavy atom. The first kappa shape index (κ1) is 55.8. The van der Waals surface area contributed by atoms with E-state index in [0.29, 0.717) is 42.8 Å². The highest BCUT2D eigenvalue weighted by atomic mass is 127. The Kier molecular flexibility index (Phi) is 18.4. The fourth-order valence-electron chi connectivity index (χ4n) is 8.12. The Labute approximate surface area is 546 Å². The quantitative estimate of drug-likeness (QED) is 0.0633. The normalized spacial score (nSPS) is 12.2. The molecule has 0 aromatic heterocycles. The van der Waals surface area contributed by atoms with Crippen molar-refractivity contribution in [2.45, 2.75) is 37.0 Å². The summed E-state index contributed by atoms with van der Waals surface area (Å²) >= 11 is 26.3. The SMILES string of the molecule is CC(c1cc(C(C)(c2cc(I)c(O)c(I)c2)c2cc(I)c(O)c(I)c2)cc(C(C)(c2cc(I)c(O)c(I)c2)c2cc(I)c(O)c(I)c2)c1)(c1cc(I)c(O)c(I)c1)c1cc(I)c(O)c(I)c1. The molecule has 0 amide bonds. The smallest absolute Gasteiger partial charge is 0.142 e. The van der Waals surface area contributed by atoms with E-state index in [1.807, 2.05) is 72.8 Å². The highest BCUT2D eigenvalue weighted by Gasteiger charge is 2.42. The number of hydrogen-bond donors (Lipinski definition) is 6. The second kappa shape index (κ2) is 21.8. The van der Waals surface area contributed by atoms with Crippen LogP contribution in [0.5, 0.6) is 34.5 Å². The minimum atomic E-state index is -0.932. The molecule has 7 rings (SSSR count). The van der Waals surface area contributed by atoms with E-state index in [1.165, 1.54) is 0 Å². The molecule has 7 aromatic carbocycles. The lowest BCUT2D eigenvalue weighted by Crippen LogP contribution is -2.33. The van der Waals surface area contributed by atoms with Crippen LogP contribution in [0.4, 0.5) is 0 Å². The molecule has 0 fully saturated rings. The van der Waals surface area contributed by atoms with E-state index in [-0.39, 0.29) is 34.5 Å². The maximum absolute atomic E-state index is 11.2. The molecule has 0 spiro atoms. The van der Waals surface area contributed by atoms with Gasteiger partial charge in [-0.15, -0.1) is 0 Å². The molecule has 0 bridgehead atoms. The molecule has 0 aliphatic rings. The van der Waals surface area contributed by atoms with Gasteiger partial charge in [0.2, 0.25) is 0 Å². The molecule has 18 heteroatoms. The summed E-state index contributed by atoms with van der Waals surface area (Å²) in [6, 6.07) is 31.1. The Morgan fingerprint density at radius 2 is 0.303 bits per heavy atom. The Hall–Kier alpha value is 2.10. The zero-order valence-corrected chi connectivity index (χ0v) is 59.8. The molecule has 66 heavy (non-hydrogen) atoms. The van der Waals surface area contributed by atoms with Crippen molar-refractivity contribution >= 4 is 271 Å². The van der Waals surface area contributed by atoms with Gasteiger partial charge >= 0.3 is 0 Å². The van der Waals surface area contributed by atoms with E-state index in [2.05, 4.69) is 310 Å². The van der Waals surface area contributed by atoms with Crippen LogP contribution in [-0.4, -0.2) is 30.6 Å². The lowest BCUT2D eigenvalue weighted by molar-refractivity contribution is 0.465. The van der Waals surface area contributed by atoms with Crippen molar-refractivity contribution in [1.29, 1.82) is 0 Å². The summed E-state index contributed by atoms with van der Waals surface area (Å²) in [5.41, 5.74) is 5.47. The standard InChI is InChI=1S/C48H30I12O6/c1-46(22-7-28(49)40(61)29(50)8-22,23-9-30(51)41(62)31(52)10-23)19-4-20(47(2,24-11-32(53)42(63)33(54)12-24)25-13-34(55)43(64)35(56)14-25)6-21(5-19)48(3,26-15-36(57)44(65)37(58)16-26)27-17-38(59)45(66)39(60)18-27/h4-18,61-66H,1-3H3. The monoisotopic (exact) mass is 2230 g/mol. The van der Waals surface area contributed by atoms with Gasteiger partial charge in [0.1, 0.15) is 34.5 Å². The summed E-state index contributed by atoms with van der Waals surface area (Å²) in [5, 5.41) is 67.2. The Bertz CT molecular complexity index is 2500. The number of aromatic hydroxyl groups is 6. The molecular formula is C48H30I12O6. The van der Waals surface area contributed by atoms with Crippen molar-refractivity contribution in [1.82, 2.24) is 0 Å². The Balaban J connectivity index is 1.77. The maximum atomic E-state index is 11.2. The number of hydrogen-bond acceptors (Lipinski definition) is 6. The topological polar surface area (TPSA) is 121 Å². The predicted molar refractivity (Wildman–Crippen MR) is 364 cm³/mol. The van der Waals surface area contributed by atoms with Crippen molar-refractivity contribution in [3.05, 3.63) is 184 Å². The molecule has 0 unspecified atom stereocenters. The van der Waals surface area contributed by atoms with Crippen molar-refractivity contribution in [2.24, 2.45) is 0 Å². The van der Waals surface area contributed by atoms with Crippen LogP contribution in [0.2, 0.25) is 0 Å². The number of halogens is 12. The van der Waals surface area contributed by atoms with E-state index in [0.717, 1.165) is 50.1 Å². The first-order valence-electron chi connectivity index (χ1n) is 19.0. The van der Waals surface area contributed by atoms with Crippen LogP contribution in [0.25, 0.3) is 0 Å². The van der Waals surface area contributed by atoms with Crippen LogP contribution in [0.15, 0.2) is 91.0 Å². The van der Waals surface area contributed by atoms with Gasteiger partial charge in [-0.05, 0) is 415 Å². The van der Waals surface area contributed by atoms with Crippen LogP contribution >= 0.6 is 271 Å². The minimum absolute atomic E-state index is 0.202. The molecule has 0 heterocycles. The first-order chi connectivity index (χ1) is 30.7. The maximum Gasteiger partial charge on any atom is 0.142 e. The van der Waals surface area contributed by atoms with Crippen LogP contribution in [0, 0.1) is 42.8 Å². The molecule has 7 aromatic rings. The zero-order chi connectivity index (χ0) is 48.7. The van der Waals surface area contributed by atoms with E-state index < -0.39 is 16.2 Å². The Morgan fingerprint density at radius 1 is 0.212 bits per heavy atom. The molecule has 0 saturated carbocycles. The second-order valence-electron chi connectivity index (χ2n) is 15.9. The predicted octanol–water partition coefficient (Wildman–Crippen LogP) is 17.2. The molecule has 0 aliphatic heterocycles. The molecule has 0 atom stereocenters. The summed E-state index contributed by atoms with van der Waals surface area (Å²) in [6.45, 7) is 6.58. The summed E-state index contributed by atoms with van der Waals surface area (Å²) in [6.07, 6.45) is 0. The number of rotatable bonds is 9. The van der Waals surface area contributed by atoms with Gasteiger partial charge in [-0.1, -0.05) is 18.2 Å². The lowest BCUT2D eigenvalue weighted by Gasteiger charge is -2.40. The fraction of sp³-hybridized carbons (Fsp3) is 0.125. The molecule has 6 N–H and O–H groups in total. The average molecular weight is 2230 g/mol. The van der Waals surface area contributed by atoms with Gasteiger partial charge in [0.05, 0.1) is 42.8 Å². The van der Waals surface area contributed by atoms with Crippen LogP contribution in [0.1, 0.15) is 70.8 Å². The molecule has 6 nitrogen and oxygen atoms in total. The van der Waals surface area contributed by atoms with Crippen molar-refractivity contribution < 1.29 is 30.6 Å². The molecule has 0 aliphatic carbocycles. The van der Waals surface area contributed by atoms with Crippen molar-refractivity contribution in [3.8, 4) is 34.5 Å². The summed E-state index contributed by atoms with van der Waals surface area (Å²) in [7, 11) is 0. The average Bonchev–Trinajstić information content (AvgIpc) is 3.27. The number of phenols is 6. The van der Waals surface area contributed by atoms with E-state index >= 15 is 0 Å². The van der Waals surface area contributed by atoms with Gasteiger partial charge < -0.3 is 30.6 Å². The lowest BCUT2D eigenvalue weighted by atomic mass is 9.63. The molecular weight excluding hydrogens is 2200 g/mol. The van der Waals surface area contributed by atoms with Gasteiger partial charge in [0.15, 0.2) is 0 Å². The third-order valence-corrected chi connectivity index (χ3v) is 22.1. The molecule has 0 radical (unpaired) electrons. The highest BCUT2D eigenvalue weighted by molar-refractivity contribution is 14.1. The third-order valence-electron chi connectivity index (χ3n) is 12.2. The third kappa shape index (κ3) is 10.4. The van der Waals surface area contributed by atoms with Gasteiger partial charge in [0, 0.05) is 16.2 Å². The second-order valence-corrected chi connectivity index (χ2v) is 29.9. The van der Waals surface area contributed by atoms with Gasteiger partial charge in [-0.25, -0.2) is 0 Å². The fourth-order valence-corrected chi connectivity index (χ4v) is 18.7. The van der Waals surface area contributed by atoms with Crippen LogP contribution < -0.4 is 0 Å². The van der Waals surface area contributed by atoms with Gasteiger partial charge in [-0.3, -0.25) is 0 Å². The molecule has 0 saturated heterocycles. The largest absolute Gasteiger partial charge is 0.506 e. The van der Waals surface area contributed by atoms with E-state index in [9.17, 15) is 30.6 Å². The summed E-state index contributed by atoms with van der Waals surface area (Å²) < 4.78 is 8.31. The first-order valence-corrected chi connectivity index (χ1v) is 32.0. The van der Waals surface area contributed by atoms with Crippen LogP contribution in [-0.2, 0) is 16.2 Å². The van der Waals surface area contributed by atoms with Crippen molar-refractivity contribution in [3.63, 3.8) is 0 Å². The number of phenolic OH excluding ortho intramolecular Hbond substituents is 6. The van der Waals surface area contributed by atoms with Crippen LogP contribution in [0.3, 0.4) is 0 Å². The summed E-state index contributed by atoms with van der Waals surface area (Å²) in [4.78, 5) is 0. The minimum Gasteiger partial charge on any atom is -0.506 e. The number of benzene rings is 7. The van der Waals surface area contributed by atoms with Gasteiger partial charge in [0.25, 0.3) is 0 Å². The summed E-state index contributed by atoms with van der Waals surface area (Å²) in [5.74, 6) is 1.21. The van der Waals surface area contributed by atoms with Gasteiger partial charge in [-0.2, -0.15) is 0 Å². The van der Waals surface area contributed by atoms with E-state index in [1.54, 1.807) is 0 Å². The van der Waals surface area contributed by atoms with Crippen molar-refractivity contribution in [2.75, 3.05) is 0 Å². The zero-order valence-electron chi connectivity index (χ0n) is 33.9. The highest BCUT2D eigenvalue weighted by Crippen LogP contribution is 2.52.